The monoisotopic (exact) mass is 355 g/mol. The van der Waals surface area contributed by atoms with Crippen LogP contribution in [0.1, 0.15) is 30.5 Å². The molecule has 2 aliphatic heterocycles. The minimum atomic E-state index is -0.552. The Morgan fingerprint density at radius 2 is 1.96 bits per heavy atom. The zero-order valence-electron chi connectivity index (χ0n) is 15.2. The predicted molar refractivity (Wildman–Crippen MR) is 98.6 cm³/mol. The maximum atomic E-state index is 13.0. The molecule has 6 nitrogen and oxygen atoms in total. The molecule has 0 radical (unpaired) electrons. The fourth-order valence-electron chi connectivity index (χ4n) is 4.22. The summed E-state index contributed by atoms with van der Waals surface area (Å²) in [6, 6.07) is 7.52. The van der Waals surface area contributed by atoms with Crippen molar-refractivity contribution in [3.8, 4) is 0 Å². The minimum Gasteiger partial charge on any atom is -0.467 e. The van der Waals surface area contributed by atoms with Crippen LogP contribution >= 0.6 is 0 Å². The Hall–Kier alpha value is -2.34. The van der Waals surface area contributed by atoms with E-state index in [2.05, 4.69) is 16.0 Å². The molecule has 1 aromatic heterocycles. The molecule has 1 saturated heterocycles. The van der Waals surface area contributed by atoms with Gasteiger partial charge in [-0.1, -0.05) is 24.6 Å². The number of nitrogens with one attached hydrogen (secondary N) is 1. The van der Waals surface area contributed by atoms with E-state index < -0.39 is 6.04 Å². The van der Waals surface area contributed by atoms with Crippen molar-refractivity contribution in [2.24, 2.45) is 0 Å². The molecule has 0 bridgehead atoms. The largest absolute Gasteiger partial charge is 0.467 e. The predicted octanol–water partition coefficient (Wildman–Crippen LogP) is 2.08. The molecule has 2 aliphatic rings. The molecule has 0 aliphatic carbocycles. The van der Waals surface area contributed by atoms with Crippen molar-refractivity contribution in [3.63, 3.8) is 0 Å². The number of benzene rings is 1. The minimum absolute atomic E-state index is 0.00612. The van der Waals surface area contributed by atoms with Gasteiger partial charge in [0.25, 0.3) is 0 Å². The number of likely N-dealkylation sites (tertiary alicyclic amines) is 1. The number of H-pyrrole nitrogens is 1. The third-order valence-electron chi connectivity index (χ3n) is 5.61. The van der Waals surface area contributed by atoms with E-state index in [0.717, 1.165) is 48.1 Å². The molecule has 26 heavy (non-hydrogen) atoms. The number of aromatic nitrogens is 1. The lowest BCUT2D eigenvalue weighted by atomic mass is 9.96. The van der Waals surface area contributed by atoms with E-state index in [1.54, 1.807) is 4.90 Å². The first-order valence-electron chi connectivity index (χ1n) is 9.35. The van der Waals surface area contributed by atoms with Crippen molar-refractivity contribution in [1.29, 1.82) is 0 Å². The molecule has 0 spiro atoms. The number of carbonyl (C=O) groups is 2. The molecule has 3 heterocycles. The number of nitrogens with zero attached hydrogens (tertiary/aromatic N) is 2. The second-order valence-corrected chi connectivity index (χ2v) is 7.23. The van der Waals surface area contributed by atoms with Crippen LogP contribution in [0, 0.1) is 0 Å². The van der Waals surface area contributed by atoms with E-state index in [0.29, 0.717) is 19.5 Å². The Morgan fingerprint density at radius 1 is 1.19 bits per heavy atom. The molecule has 4 rings (SSSR count). The highest BCUT2D eigenvalue weighted by molar-refractivity contribution is 5.90. The third kappa shape index (κ3) is 3.09. The number of hydrogen-bond donors (Lipinski definition) is 1. The lowest BCUT2D eigenvalue weighted by Gasteiger charge is -2.36. The number of aromatic amines is 1. The number of rotatable bonds is 3. The maximum Gasteiger partial charge on any atom is 0.328 e. The number of amides is 1. The first-order valence-corrected chi connectivity index (χ1v) is 9.35. The first kappa shape index (κ1) is 17.1. The molecule has 1 atom stereocenters. The van der Waals surface area contributed by atoms with Gasteiger partial charge in [-0.05, 0) is 37.6 Å². The van der Waals surface area contributed by atoms with E-state index in [-0.39, 0.29) is 11.9 Å². The van der Waals surface area contributed by atoms with Gasteiger partial charge in [-0.25, -0.2) is 4.79 Å². The van der Waals surface area contributed by atoms with Crippen LogP contribution in [-0.4, -0.2) is 59.4 Å². The topological polar surface area (TPSA) is 65.6 Å². The second kappa shape index (κ2) is 7.11. The van der Waals surface area contributed by atoms with E-state index >= 15 is 0 Å². The fraction of sp³-hybridized carbons (Fsp3) is 0.500. The van der Waals surface area contributed by atoms with E-state index in [1.165, 1.54) is 13.5 Å². The van der Waals surface area contributed by atoms with Crippen LogP contribution in [0.15, 0.2) is 24.3 Å². The van der Waals surface area contributed by atoms with Gasteiger partial charge in [-0.15, -0.1) is 0 Å². The highest BCUT2D eigenvalue weighted by atomic mass is 16.5. The fourth-order valence-corrected chi connectivity index (χ4v) is 4.22. The van der Waals surface area contributed by atoms with Gasteiger partial charge in [0.15, 0.2) is 0 Å². The average Bonchev–Trinajstić information content (AvgIpc) is 3.04. The van der Waals surface area contributed by atoms with Crippen LogP contribution in [0.5, 0.6) is 0 Å². The number of para-hydroxylation sites is 1. The Labute approximate surface area is 153 Å². The third-order valence-corrected chi connectivity index (χ3v) is 5.61. The highest BCUT2D eigenvalue weighted by Gasteiger charge is 2.37. The zero-order chi connectivity index (χ0) is 18.1. The van der Waals surface area contributed by atoms with Gasteiger partial charge < -0.3 is 14.6 Å². The highest BCUT2D eigenvalue weighted by Crippen LogP contribution is 2.30. The normalized spacial score (nSPS) is 20.8. The lowest BCUT2D eigenvalue weighted by molar-refractivity contribution is -0.154. The molecule has 1 fully saturated rings. The summed E-state index contributed by atoms with van der Waals surface area (Å²) in [6.45, 7) is 2.72. The summed E-state index contributed by atoms with van der Waals surface area (Å²) >= 11 is 0. The van der Waals surface area contributed by atoms with Gasteiger partial charge in [0.2, 0.25) is 5.91 Å². The van der Waals surface area contributed by atoms with Crippen molar-refractivity contribution >= 4 is 22.8 Å². The number of ether oxygens (including phenoxy) is 1. The quantitative estimate of drug-likeness (QED) is 0.856. The summed E-state index contributed by atoms with van der Waals surface area (Å²) in [6.07, 6.45) is 4.01. The molecule has 0 saturated carbocycles. The van der Waals surface area contributed by atoms with Crippen molar-refractivity contribution in [3.05, 3.63) is 35.5 Å². The lowest BCUT2D eigenvalue weighted by Crippen LogP contribution is -2.52. The SMILES string of the molecule is COC(=O)C1Cc2c([nH]c3ccccc23)CN1C(=O)CN1CCCCC1. The summed E-state index contributed by atoms with van der Waals surface area (Å²) in [5.74, 6) is -0.334. The number of carbonyl (C=O) groups excluding carboxylic acids is 2. The molecule has 1 amide bonds. The zero-order valence-corrected chi connectivity index (χ0v) is 15.2. The molecular formula is C20H25N3O3. The standard InChI is InChI=1S/C20H25N3O3/c1-26-20(25)18-11-15-14-7-3-4-8-16(14)21-17(15)12-23(18)19(24)13-22-9-5-2-6-10-22/h3-4,7-8,18,21H,2,5-6,9-13H2,1H3. The summed E-state index contributed by atoms with van der Waals surface area (Å²) in [4.78, 5) is 32.7. The number of fused-ring (bicyclic) bond motifs is 3. The molecule has 6 heteroatoms. The van der Waals surface area contributed by atoms with Crippen LogP contribution in [0.25, 0.3) is 10.9 Å². The van der Waals surface area contributed by atoms with Crippen molar-refractivity contribution < 1.29 is 14.3 Å². The van der Waals surface area contributed by atoms with Crippen LogP contribution in [-0.2, 0) is 27.3 Å². The van der Waals surface area contributed by atoms with Gasteiger partial charge in [0, 0.05) is 23.0 Å². The van der Waals surface area contributed by atoms with Gasteiger partial charge in [0.05, 0.1) is 20.2 Å². The van der Waals surface area contributed by atoms with Crippen molar-refractivity contribution in [2.75, 3.05) is 26.7 Å². The summed E-state index contributed by atoms with van der Waals surface area (Å²) in [5, 5.41) is 1.12. The number of methoxy groups -OCH3 is 1. The van der Waals surface area contributed by atoms with Gasteiger partial charge >= 0.3 is 5.97 Å². The molecule has 1 N–H and O–H groups in total. The Morgan fingerprint density at radius 3 is 2.73 bits per heavy atom. The average molecular weight is 355 g/mol. The van der Waals surface area contributed by atoms with Crippen LogP contribution in [0.3, 0.4) is 0 Å². The van der Waals surface area contributed by atoms with E-state index in [9.17, 15) is 9.59 Å². The van der Waals surface area contributed by atoms with E-state index in [4.69, 9.17) is 4.74 Å². The number of esters is 1. The Kier molecular flexibility index (Phi) is 4.68. The van der Waals surface area contributed by atoms with Gasteiger partial charge in [-0.2, -0.15) is 0 Å². The maximum absolute atomic E-state index is 13.0. The second-order valence-electron chi connectivity index (χ2n) is 7.23. The van der Waals surface area contributed by atoms with Crippen molar-refractivity contribution in [2.45, 2.75) is 38.3 Å². The number of hydrogen-bond acceptors (Lipinski definition) is 4. The molecule has 138 valence electrons. The molecule has 1 unspecified atom stereocenters. The number of piperidine rings is 1. The Bertz CT molecular complexity index is 823. The smallest absolute Gasteiger partial charge is 0.328 e. The van der Waals surface area contributed by atoms with Gasteiger partial charge in [-0.3, -0.25) is 9.69 Å². The van der Waals surface area contributed by atoms with E-state index in [1.807, 2.05) is 18.2 Å². The molecular weight excluding hydrogens is 330 g/mol. The molecule has 2 aromatic rings. The summed E-state index contributed by atoms with van der Waals surface area (Å²) in [5.41, 5.74) is 3.20. The van der Waals surface area contributed by atoms with Crippen LogP contribution < -0.4 is 0 Å². The summed E-state index contributed by atoms with van der Waals surface area (Å²) < 4.78 is 5.01. The Balaban J connectivity index is 1.61. The van der Waals surface area contributed by atoms with Gasteiger partial charge in [0.1, 0.15) is 6.04 Å². The van der Waals surface area contributed by atoms with Crippen molar-refractivity contribution in [1.82, 2.24) is 14.8 Å². The molecule has 1 aromatic carbocycles. The first-order chi connectivity index (χ1) is 12.7. The van der Waals surface area contributed by atoms with Crippen LogP contribution in [0.2, 0.25) is 0 Å². The van der Waals surface area contributed by atoms with Crippen LogP contribution in [0.4, 0.5) is 0 Å². The summed E-state index contributed by atoms with van der Waals surface area (Å²) in [7, 11) is 1.39.